The number of sulfonamides is 1. The lowest BCUT2D eigenvalue weighted by Crippen LogP contribution is -2.38. The van der Waals surface area contributed by atoms with Gasteiger partial charge in [0.25, 0.3) is 5.91 Å². The summed E-state index contributed by atoms with van der Waals surface area (Å²) in [7, 11) is -2.38. The van der Waals surface area contributed by atoms with Gasteiger partial charge in [0.1, 0.15) is 5.25 Å². The van der Waals surface area contributed by atoms with Crippen molar-refractivity contribution in [3.05, 3.63) is 41.5 Å². The molecule has 1 N–H and O–H groups in total. The molecule has 0 fully saturated rings. The van der Waals surface area contributed by atoms with Gasteiger partial charge in [0.2, 0.25) is 10.0 Å². The molecule has 6 nitrogen and oxygen atoms in total. The Hall–Kier alpha value is -2.17. The predicted octanol–water partition coefficient (Wildman–Crippen LogP) is 1.05. The quantitative estimate of drug-likeness (QED) is 0.792. The summed E-state index contributed by atoms with van der Waals surface area (Å²) >= 11 is 0. The number of methoxy groups -OCH3 is 1. The zero-order chi connectivity index (χ0) is 15.9. The Labute approximate surface area is 124 Å². The third kappa shape index (κ3) is 5.38. The number of nitrogens with one attached hydrogen (secondary N) is 1. The summed E-state index contributed by atoms with van der Waals surface area (Å²) < 4.78 is 30.2. The highest BCUT2D eigenvalue weighted by molar-refractivity contribution is 7.90. The van der Waals surface area contributed by atoms with Gasteiger partial charge in [-0.05, 0) is 30.7 Å². The number of rotatable bonds is 6. The molecule has 1 amide bonds. The van der Waals surface area contributed by atoms with Crippen molar-refractivity contribution >= 4 is 22.0 Å². The topological polar surface area (TPSA) is 96.3 Å². The van der Waals surface area contributed by atoms with Crippen LogP contribution < -0.4 is 4.72 Å². The molecule has 7 heteroatoms. The first kappa shape index (κ1) is 16.9. The van der Waals surface area contributed by atoms with Crippen molar-refractivity contribution in [1.29, 1.82) is 5.26 Å². The van der Waals surface area contributed by atoms with Gasteiger partial charge in [-0.1, -0.05) is 12.1 Å². The highest BCUT2D eigenvalue weighted by Crippen LogP contribution is 2.06. The third-order valence-electron chi connectivity index (χ3n) is 2.62. The van der Waals surface area contributed by atoms with Gasteiger partial charge in [-0.3, -0.25) is 4.79 Å². The second-order valence-electron chi connectivity index (χ2n) is 4.35. The summed E-state index contributed by atoms with van der Waals surface area (Å²) in [6.07, 6.45) is 2.54. The predicted molar refractivity (Wildman–Crippen MR) is 78.6 cm³/mol. The number of benzene rings is 1. The van der Waals surface area contributed by atoms with Crippen LogP contribution in [0.1, 0.15) is 18.1 Å². The van der Waals surface area contributed by atoms with E-state index in [0.717, 1.165) is 6.08 Å². The van der Waals surface area contributed by atoms with E-state index < -0.39 is 21.2 Å². The minimum absolute atomic E-state index is 0.00343. The van der Waals surface area contributed by atoms with Gasteiger partial charge in [0.05, 0.1) is 18.2 Å². The molecule has 0 aliphatic heterocycles. The maximum absolute atomic E-state index is 11.8. The number of hydrogen-bond donors (Lipinski definition) is 1. The van der Waals surface area contributed by atoms with Gasteiger partial charge in [0.15, 0.2) is 0 Å². The molecule has 1 atom stereocenters. The molecule has 1 rings (SSSR count). The molecule has 0 bridgehead atoms. The summed E-state index contributed by atoms with van der Waals surface area (Å²) in [5.74, 6) is -0.750. The molecule has 112 valence electrons. The lowest BCUT2D eigenvalue weighted by atomic mass is 10.1. The standard InChI is InChI=1S/C14H16N2O4S/c1-11(10-20-2)21(18,19)16-14(17)7-6-12-4-3-5-13(8-12)9-15/h3-8,11H,10H2,1-2H3,(H,16,17)/b7-6+. The number of amides is 1. The Balaban J connectivity index is 2.73. The molecule has 1 aromatic rings. The van der Waals surface area contributed by atoms with Crippen LogP contribution in [0.2, 0.25) is 0 Å². The largest absolute Gasteiger partial charge is 0.383 e. The number of nitrogens with zero attached hydrogens (tertiary/aromatic N) is 1. The highest BCUT2D eigenvalue weighted by Gasteiger charge is 2.21. The molecule has 0 heterocycles. The van der Waals surface area contributed by atoms with E-state index in [9.17, 15) is 13.2 Å². The third-order valence-corrected chi connectivity index (χ3v) is 4.30. The average molecular weight is 308 g/mol. The fraction of sp³-hybridized carbons (Fsp3) is 0.286. The molecule has 0 saturated carbocycles. The first-order chi connectivity index (χ1) is 9.89. The zero-order valence-corrected chi connectivity index (χ0v) is 12.6. The van der Waals surface area contributed by atoms with Crippen molar-refractivity contribution in [3.63, 3.8) is 0 Å². The summed E-state index contributed by atoms with van der Waals surface area (Å²) in [5.41, 5.74) is 1.09. The normalized spacial score (nSPS) is 12.8. The van der Waals surface area contributed by atoms with Crippen LogP contribution >= 0.6 is 0 Å². The van der Waals surface area contributed by atoms with Crippen LogP contribution in [0.5, 0.6) is 0 Å². The van der Waals surface area contributed by atoms with E-state index in [1.807, 2.05) is 10.8 Å². The number of carbonyl (C=O) groups excluding carboxylic acids is 1. The van der Waals surface area contributed by atoms with Crippen molar-refractivity contribution in [2.75, 3.05) is 13.7 Å². The fourth-order valence-electron chi connectivity index (χ4n) is 1.48. The van der Waals surface area contributed by atoms with E-state index in [0.29, 0.717) is 11.1 Å². The lowest BCUT2D eigenvalue weighted by molar-refractivity contribution is -0.114. The van der Waals surface area contributed by atoms with E-state index in [-0.39, 0.29) is 6.61 Å². The minimum atomic E-state index is -3.77. The van der Waals surface area contributed by atoms with Crippen molar-refractivity contribution in [3.8, 4) is 6.07 Å². The first-order valence-electron chi connectivity index (χ1n) is 6.12. The average Bonchev–Trinajstić information content (AvgIpc) is 2.45. The number of ether oxygens (including phenoxy) is 1. The molecule has 0 aliphatic carbocycles. The van der Waals surface area contributed by atoms with E-state index in [1.54, 1.807) is 24.3 Å². The van der Waals surface area contributed by atoms with Crippen LogP contribution in [0.15, 0.2) is 30.3 Å². The molecular formula is C14H16N2O4S. The summed E-state index contributed by atoms with van der Waals surface area (Å²) in [6, 6.07) is 8.58. The zero-order valence-electron chi connectivity index (χ0n) is 11.7. The van der Waals surface area contributed by atoms with Crippen molar-refractivity contribution in [1.82, 2.24) is 4.72 Å². The Morgan fingerprint density at radius 1 is 1.52 bits per heavy atom. The lowest BCUT2D eigenvalue weighted by Gasteiger charge is -2.11. The summed E-state index contributed by atoms with van der Waals surface area (Å²) in [5, 5.41) is 7.93. The first-order valence-corrected chi connectivity index (χ1v) is 7.66. The number of hydrogen-bond acceptors (Lipinski definition) is 5. The van der Waals surface area contributed by atoms with E-state index >= 15 is 0 Å². The maximum Gasteiger partial charge on any atom is 0.257 e. The summed E-state index contributed by atoms with van der Waals surface area (Å²) in [4.78, 5) is 11.6. The van der Waals surface area contributed by atoms with E-state index in [2.05, 4.69) is 0 Å². The van der Waals surface area contributed by atoms with Crippen LogP contribution in [-0.2, 0) is 19.6 Å². The van der Waals surface area contributed by atoms with Crippen LogP contribution in [0.4, 0.5) is 0 Å². The molecule has 0 aliphatic rings. The molecular weight excluding hydrogens is 292 g/mol. The minimum Gasteiger partial charge on any atom is -0.383 e. The van der Waals surface area contributed by atoms with Crippen molar-refractivity contribution in [2.45, 2.75) is 12.2 Å². The summed E-state index contributed by atoms with van der Waals surface area (Å²) in [6.45, 7) is 1.44. The van der Waals surface area contributed by atoms with Gasteiger partial charge in [-0.2, -0.15) is 5.26 Å². The smallest absolute Gasteiger partial charge is 0.257 e. The van der Waals surface area contributed by atoms with Gasteiger partial charge in [0, 0.05) is 13.2 Å². The Morgan fingerprint density at radius 3 is 2.86 bits per heavy atom. The van der Waals surface area contributed by atoms with Crippen molar-refractivity contribution in [2.24, 2.45) is 0 Å². The Kier molecular flexibility index (Phi) is 6.09. The molecule has 1 unspecified atom stereocenters. The fourth-order valence-corrected chi connectivity index (χ4v) is 2.35. The molecule has 0 saturated heterocycles. The maximum atomic E-state index is 11.8. The van der Waals surface area contributed by atoms with Crippen LogP contribution in [0, 0.1) is 11.3 Å². The van der Waals surface area contributed by atoms with Crippen LogP contribution in [0.25, 0.3) is 6.08 Å². The van der Waals surface area contributed by atoms with E-state index in [1.165, 1.54) is 20.1 Å². The Morgan fingerprint density at radius 2 is 2.24 bits per heavy atom. The Bertz CT molecular complexity index is 674. The monoisotopic (exact) mass is 308 g/mol. The SMILES string of the molecule is COCC(C)S(=O)(=O)NC(=O)/C=C/c1cccc(C#N)c1. The second-order valence-corrected chi connectivity index (χ2v) is 6.45. The molecule has 0 aromatic heterocycles. The molecule has 21 heavy (non-hydrogen) atoms. The van der Waals surface area contributed by atoms with Gasteiger partial charge >= 0.3 is 0 Å². The molecule has 0 radical (unpaired) electrons. The van der Waals surface area contributed by atoms with E-state index in [4.69, 9.17) is 10.00 Å². The van der Waals surface area contributed by atoms with Gasteiger partial charge in [-0.15, -0.1) is 0 Å². The van der Waals surface area contributed by atoms with Gasteiger partial charge in [-0.25, -0.2) is 13.1 Å². The second kappa shape index (κ2) is 7.57. The van der Waals surface area contributed by atoms with Crippen LogP contribution in [-0.4, -0.2) is 33.3 Å². The highest BCUT2D eigenvalue weighted by atomic mass is 32.2. The van der Waals surface area contributed by atoms with Crippen LogP contribution in [0.3, 0.4) is 0 Å². The number of carbonyl (C=O) groups is 1. The van der Waals surface area contributed by atoms with Crippen molar-refractivity contribution < 1.29 is 17.9 Å². The van der Waals surface area contributed by atoms with Gasteiger partial charge < -0.3 is 4.74 Å². The molecule has 0 spiro atoms. The molecule has 1 aromatic carbocycles. The number of nitriles is 1.